The summed E-state index contributed by atoms with van der Waals surface area (Å²) in [6, 6.07) is 17.1. The van der Waals surface area contributed by atoms with E-state index in [2.05, 4.69) is 15.4 Å². The van der Waals surface area contributed by atoms with Gasteiger partial charge in [-0.3, -0.25) is 19.6 Å². The minimum atomic E-state index is -0.969. The maximum absolute atomic E-state index is 10.8. The van der Waals surface area contributed by atoms with E-state index in [1.54, 1.807) is 6.07 Å². The highest BCUT2D eigenvalue weighted by atomic mass is 35.5. The summed E-state index contributed by atoms with van der Waals surface area (Å²) in [5.41, 5.74) is 4.34. The number of rotatable bonds is 5. The van der Waals surface area contributed by atoms with Gasteiger partial charge in [0.2, 0.25) is 0 Å². The summed E-state index contributed by atoms with van der Waals surface area (Å²) in [7, 11) is 1.88. The van der Waals surface area contributed by atoms with Crippen LogP contribution < -0.4 is 20.1 Å². The zero-order chi connectivity index (χ0) is 22.9. The molecule has 0 saturated carbocycles. The fourth-order valence-electron chi connectivity index (χ4n) is 3.85. The van der Waals surface area contributed by atoms with Crippen LogP contribution in [0.5, 0.6) is 11.5 Å². The predicted octanol–water partition coefficient (Wildman–Crippen LogP) is 4.28. The van der Waals surface area contributed by atoms with Gasteiger partial charge in [-0.1, -0.05) is 29.8 Å². The van der Waals surface area contributed by atoms with Gasteiger partial charge in [0.15, 0.2) is 11.5 Å². The molecule has 0 fully saturated rings. The van der Waals surface area contributed by atoms with Crippen molar-refractivity contribution in [3.8, 4) is 33.9 Å². The Labute approximate surface area is 194 Å². The van der Waals surface area contributed by atoms with Crippen LogP contribution in [0.1, 0.15) is 0 Å². The van der Waals surface area contributed by atoms with Gasteiger partial charge in [-0.25, -0.2) is 0 Å². The van der Waals surface area contributed by atoms with Crippen LogP contribution in [0.2, 0.25) is 5.02 Å². The number of carboxylic acid groups (broad SMARTS) is 1. The second-order valence-electron chi connectivity index (χ2n) is 7.61. The first-order chi connectivity index (χ1) is 16.0. The van der Waals surface area contributed by atoms with Gasteiger partial charge in [-0.15, -0.1) is 0 Å². The minimum absolute atomic E-state index is 0.271. The molecule has 3 aliphatic rings. The number of aryl methyl sites for hydroxylation is 1. The summed E-state index contributed by atoms with van der Waals surface area (Å²) in [5, 5.41) is 16.7. The average Bonchev–Trinajstić information content (AvgIpc) is 3.13. The lowest BCUT2D eigenvalue weighted by Crippen LogP contribution is -2.15. The van der Waals surface area contributed by atoms with Crippen molar-refractivity contribution in [1.82, 2.24) is 9.78 Å². The SMILES string of the molecule is Cn1[nH]c(Nc2cccc(-c3ccc4c(c3)OCCO4)c2Cl)c2ccc(=NCC(=O)O)cc1-2. The zero-order valence-electron chi connectivity index (χ0n) is 17.8. The number of benzene rings is 3. The topological polar surface area (TPSA) is 101 Å². The predicted molar refractivity (Wildman–Crippen MR) is 126 cm³/mol. The highest BCUT2D eigenvalue weighted by molar-refractivity contribution is 6.36. The summed E-state index contributed by atoms with van der Waals surface area (Å²) >= 11 is 6.80. The van der Waals surface area contributed by atoms with E-state index < -0.39 is 5.97 Å². The summed E-state index contributed by atoms with van der Waals surface area (Å²) < 4.78 is 13.2. The Kier molecular flexibility index (Phi) is 5.43. The smallest absolute Gasteiger partial charge is 0.325 e. The number of H-pyrrole nitrogens is 1. The molecule has 9 heteroatoms. The van der Waals surface area contributed by atoms with Gasteiger partial charge in [-0.2, -0.15) is 0 Å². The van der Waals surface area contributed by atoms with Crippen molar-refractivity contribution < 1.29 is 19.4 Å². The third-order valence-electron chi connectivity index (χ3n) is 5.40. The monoisotopic (exact) mass is 464 g/mol. The standard InChI is InChI=1S/C24H21ClN4O4/c1-29-19-12-15(26-13-22(30)31)6-7-17(19)24(28-29)27-18-4-2-3-16(23(18)25)14-5-8-20-21(11-14)33-10-9-32-20/h2-8,11-12,27-28H,9-10,13H2,1H3,(H,30,31). The Morgan fingerprint density at radius 3 is 2.76 bits per heavy atom. The molecule has 0 saturated heterocycles. The lowest BCUT2D eigenvalue weighted by atomic mass is 10.0. The van der Waals surface area contributed by atoms with Crippen molar-refractivity contribution in [3.63, 3.8) is 0 Å². The van der Waals surface area contributed by atoms with Crippen LogP contribution in [0.3, 0.4) is 0 Å². The van der Waals surface area contributed by atoms with Crippen molar-refractivity contribution in [2.24, 2.45) is 12.0 Å². The maximum atomic E-state index is 10.8. The van der Waals surface area contributed by atoms with Crippen molar-refractivity contribution in [1.29, 1.82) is 0 Å². The van der Waals surface area contributed by atoms with Crippen LogP contribution in [-0.4, -0.2) is 40.6 Å². The number of fused-ring (bicyclic) bond motifs is 2. The Morgan fingerprint density at radius 2 is 1.94 bits per heavy atom. The molecule has 1 aliphatic carbocycles. The molecule has 5 rings (SSSR count). The Balaban J connectivity index is 1.48. The maximum Gasteiger partial charge on any atom is 0.325 e. The number of aromatic amines is 1. The van der Waals surface area contributed by atoms with Gasteiger partial charge >= 0.3 is 5.97 Å². The van der Waals surface area contributed by atoms with Crippen LogP contribution in [0, 0.1) is 0 Å². The lowest BCUT2D eigenvalue weighted by molar-refractivity contribution is -0.135. The highest BCUT2D eigenvalue weighted by Crippen LogP contribution is 2.40. The molecule has 3 N–H and O–H groups in total. The van der Waals surface area contributed by atoms with Gasteiger partial charge in [-0.05, 0) is 42.0 Å². The molecule has 8 nitrogen and oxygen atoms in total. The Hall–Kier alpha value is -3.91. The third kappa shape index (κ3) is 4.12. The summed E-state index contributed by atoms with van der Waals surface area (Å²) in [6.45, 7) is 0.796. The fourth-order valence-corrected chi connectivity index (χ4v) is 4.13. The number of anilines is 2. The van der Waals surface area contributed by atoms with Crippen LogP contribution >= 0.6 is 11.6 Å². The van der Waals surface area contributed by atoms with E-state index in [0.717, 1.165) is 39.6 Å². The van der Waals surface area contributed by atoms with Gasteiger partial charge < -0.3 is 19.9 Å². The third-order valence-corrected chi connectivity index (χ3v) is 5.81. The van der Waals surface area contributed by atoms with E-state index >= 15 is 0 Å². The van der Waals surface area contributed by atoms with Crippen LogP contribution in [0.4, 0.5) is 11.5 Å². The lowest BCUT2D eigenvalue weighted by Gasteiger charge is -2.19. The van der Waals surface area contributed by atoms with Crippen molar-refractivity contribution >= 4 is 29.1 Å². The van der Waals surface area contributed by atoms with Gasteiger partial charge in [0.05, 0.1) is 21.8 Å². The average molecular weight is 465 g/mol. The van der Waals surface area contributed by atoms with E-state index in [4.69, 9.17) is 26.2 Å². The quantitative estimate of drug-likeness (QED) is 0.409. The van der Waals surface area contributed by atoms with Crippen molar-refractivity contribution in [3.05, 3.63) is 65.0 Å². The number of carboxylic acids is 1. The van der Waals surface area contributed by atoms with Crippen LogP contribution in [0.25, 0.3) is 22.4 Å². The molecule has 0 radical (unpaired) electrons. The van der Waals surface area contributed by atoms with E-state index in [0.29, 0.717) is 29.3 Å². The first kappa shape index (κ1) is 21.0. The molecule has 2 aromatic rings. The molecule has 0 amide bonds. The molecule has 0 atom stereocenters. The number of nitrogens with zero attached hydrogens (tertiary/aromatic N) is 2. The van der Waals surface area contributed by atoms with E-state index in [1.165, 1.54) is 0 Å². The largest absolute Gasteiger partial charge is 0.486 e. The molecule has 0 aromatic heterocycles. The number of aromatic nitrogens is 2. The first-order valence-corrected chi connectivity index (χ1v) is 10.7. The van der Waals surface area contributed by atoms with Gasteiger partial charge in [0, 0.05) is 18.2 Å². The number of aliphatic carboxylic acids is 1. The number of nitrogens with one attached hydrogen (secondary N) is 2. The molecular weight excluding hydrogens is 444 g/mol. The number of ether oxygens (including phenoxy) is 2. The molecule has 2 heterocycles. The van der Waals surface area contributed by atoms with E-state index in [1.807, 2.05) is 60.3 Å². The molecule has 33 heavy (non-hydrogen) atoms. The molecule has 168 valence electrons. The molecule has 0 spiro atoms. The van der Waals surface area contributed by atoms with E-state index in [9.17, 15) is 4.79 Å². The van der Waals surface area contributed by atoms with Crippen LogP contribution in [0.15, 0.2) is 59.6 Å². The Morgan fingerprint density at radius 1 is 1.12 bits per heavy atom. The van der Waals surface area contributed by atoms with Crippen molar-refractivity contribution in [2.45, 2.75) is 0 Å². The van der Waals surface area contributed by atoms with Crippen LogP contribution in [-0.2, 0) is 11.8 Å². The summed E-state index contributed by atoms with van der Waals surface area (Å²) in [4.78, 5) is 14.9. The normalized spacial score (nSPS) is 13.3. The highest BCUT2D eigenvalue weighted by Gasteiger charge is 2.17. The molecule has 2 aliphatic heterocycles. The number of halogens is 1. The molecule has 0 unspecified atom stereocenters. The van der Waals surface area contributed by atoms with Gasteiger partial charge in [0.25, 0.3) is 0 Å². The zero-order valence-corrected chi connectivity index (χ0v) is 18.5. The summed E-state index contributed by atoms with van der Waals surface area (Å²) in [6.07, 6.45) is 0. The number of hydrogen-bond donors (Lipinski definition) is 3. The Bertz CT molecular complexity index is 1390. The fraction of sp³-hybridized carbons (Fsp3) is 0.167. The second-order valence-corrected chi connectivity index (χ2v) is 7.99. The summed E-state index contributed by atoms with van der Waals surface area (Å²) in [5.74, 6) is 1.23. The molecular formula is C24H21ClN4O4. The minimum Gasteiger partial charge on any atom is -0.486 e. The number of hydrogen-bond acceptors (Lipinski definition) is 5. The van der Waals surface area contributed by atoms with E-state index in [-0.39, 0.29) is 6.54 Å². The van der Waals surface area contributed by atoms with Gasteiger partial charge in [0.1, 0.15) is 25.6 Å². The first-order valence-electron chi connectivity index (χ1n) is 10.4. The van der Waals surface area contributed by atoms with Crippen molar-refractivity contribution in [2.75, 3.05) is 25.1 Å². The second kappa shape index (κ2) is 8.55. The number of carbonyl (C=O) groups is 1. The molecule has 0 bridgehead atoms. The molecule has 2 aromatic carbocycles.